The number of carbonyl (C=O) groups is 1. The molecule has 0 aliphatic carbocycles. The fraction of sp³-hybridized carbons (Fsp3) is 0.250. The normalized spacial score (nSPS) is 12.1. The van der Waals surface area contributed by atoms with Gasteiger partial charge in [-0.3, -0.25) is 14.2 Å². The number of rotatable bonds is 8. The number of H-pyrrole nitrogens is 1. The zero-order valence-electron chi connectivity index (χ0n) is 18.7. The molecule has 34 heavy (non-hydrogen) atoms. The Bertz CT molecular complexity index is 1460. The van der Waals surface area contributed by atoms with Gasteiger partial charge in [0.05, 0.1) is 10.9 Å². The first-order valence-corrected chi connectivity index (χ1v) is 11.1. The Morgan fingerprint density at radius 3 is 2.82 bits per heavy atom. The second-order valence-electron chi connectivity index (χ2n) is 7.85. The van der Waals surface area contributed by atoms with E-state index in [1.165, 1.54) is 16.7 Å². The van der Waals surface area contributed by atoms with Crippen LogP contribution in [0.25, 0.3) is 10.9 Å². The van der Waals surface area contributed by atoms with Gasteiger partial charge in [0.15, 0.2) is 4.77 Å². The number of nitrogens with zero attached hydrogens (tertiary/aromatic N) is 3. The first-order chi connectivity index (χ1) is 16.4. The number of hydrogen-bond donors (Lipinski definition) is 2. The van der Waals surface area contributed by atoms with Crippen LogP contribution in [0.4, 0.5) is 4.39 Å². The highest BCUT2D eigenvalue weighted by Crippen LogP contribution is 2.22. The van der Waals surface area contributed by atoms with Crippen LogP contribution in [0.1, 0.15) is 34.2 Å². The number of imidazole rings is 1. The van der Waals surface area contributed by atoms with Gasteiger partial charge in [-0.15, -0.1) is 0 Å². The van der Waals surface area contributed by atoms with Crippen LogP contribution in [0.15, 0.2) is 59.7 Å². The molecule has 0 saturated heterocycles. The molecular formula is C24H24FN5O3S. The van der Waals surface area contributed by atoms with Gasteiger partial charge in [0.1, 0.15) is 17.7 Å². The van der Waals surface area contributed by atoms with Crippen LogP contribution in [0.3, 0.4) is 0 Å². The molecule has 0 aliphatic rings. The van der Waals surface area contributed by atoms with Gasteiger partial charge in [-0.25, -0.2) is 9.37 Å². The van der Waals surface area contributed by atoms with E-state index in [0.29, 0.717) is 47.4 Å². The standard InChI is InChI=1S/C24H24FN5O3S/c1-29-11-9-26-21(29)20(15-5-3-6-17(25)13-15)28-22(31)16-7-8-18-19(14-16)27-24(34)30(23(18)32)10-4-12-33-2/h3,5-9,11,13-14,20H,4,10,12H2,1-2H3,(H,27,34)(H,28,31). The quantitative estimate of drug-likeness (QED) is 0.297. The highest BCUT2D eigenvalue weighted by atomic mass is 32.1. The van der Waals surface area contributed by atoms with Crippen molar-refractivity contribution in [2.24, 2.45) is 7.05 Å². The van der Waals surface area contributed by atoms with Crippen molar-refractivity contribution < 1.29 is 13.9 Å². The van der Waals surface area contributed by atoms with Crippen molar-refractivity contribution in [1.29, 1.82) is 0 Å². The molecule has 4 rings (SSSR count). The number of halogens is 1. The van der Waals surface area contributed by atoms with Crippen LogP contribution >= 0.6 is 12.2 Å². The number of ether oxygens (including phenoxy) is 1. The Morgan fingerprint density at radius 2 is 2.12 bits per heavy atom. The topological polar surface area (TPSA) is 93.9 Å². The summed E-state index contributed by atoms with van der Waals surface area (Å²) in [5.74, 6) is -0.258. The number of amides is 1. The Kier molecular flexibility index (Phi) is 6.99. The molecule has 0 fully saturated rings. The van der Waals surface area contributed by atoms with E-state index in [0.717, 1.165) is 0 Å². The maximum absolute atomic E-state index is 13.9. The molecule has 0 bridgehead atoms. The third kappa shape index (κ3) is 4.82. The fourth-order valence-corrected chi connectivity index (χ4v) is 4.10. The van der Waals surface area contributed by atoms with E-state index in [1.807, 2.05) is 0 Å². The van der Waals surface area contributed by atoms with Crippen molar-refractivity contribution >= 4 is 29.0 Å². The maximum Gasteiger partial charge on any atom is 0.262 e. The summed E-state index contributed by atoms with van der Waals surface area (Å²) in [5.41, 5.74) is 1.12. The summed E-state index contributed by atoms with van der Waals surface area (Å²) in [6, 6.07) is 10.1. The smallest absolute Gasteiger partial charge is 0.262 e. The fourth-order valence-electron chi connectivity index (χ4n) is 3.82. The summed E-state index contributed by atoms with van der Waals surface area (Å²) in [4.78, 5) is 33.5. The lowest BCUT2D eigenvalue weighted by molar-refractivity contribution is 0.0941. The Hall–Kier alpha value is -3.63. The Labute approximate surface area is 200 Å². The van der Waals surface area contributed by atoms with Gasteiger partial charge in [-0.05, 0) is 54.5 Å². The van der Waals surface area contributed by atoms with E-state index >= 15 is 0 Å². The summed E-state index contributed by atoms with van der Waals surface area (Å²) in [7, 11) is 3.40. The number of aromatic nitrogens is 4. The molecule has 0 spiro atoms. The molecule has 10 heteroatoms. The molecule has 1 unspecified atom stereocenters. The molecule has 176 valence electrons. The first-order valence-electron chi connectivity index (χ1n) is 10.7. The molecule has 0 radical (unpaired) electrons. The van der Waals surface area contributed by atoms with E-state index < -0.39 is 17.8 Å². The van der Waals surface area contributed by atoms with Crippen LogP contribution in [0.2, 0.25) is 0 Å². The number of aryl methyl sites for hydroxylation is 1. The number of fused-ring (bicyclic) bond motifs is 1. The number of benzene rings is 2. The molecule has 1 amide bonds. The monoisotopic (exact) mass is 481 g/mol. The lowest BCUT2D eigenvalue weighted by Crippen LogP contribution is -2.31. The second-order valence-corrected chi connectivity index (χ2v) is 8.24. The molecule has 2 aromatic carbocycles. The summed E-state index contributed by atoms with van der Waals surface area (Å²) < 4.78 is 22.5. The van der Waals surface area contributed by atoms with Gasteiger partial charge >= 0.3 is 0 Å². The Morgan fingerprint density at radius 1 is 1.29 bits per heavy atom. The Balaban J connectivity index is 1.67. The highest BCUT2D eigenvalue weighted by Gasteiger charge is 2.22. The number of carbonyl (C=O) groups excluding carboxylic acids is 1. The molecule has 0 saturated carbocycles. The molecule has 2 aromatic heterocycles. The predicted molar refractivity (Wildman–Crippen MR) is 129 cm³/mol. The largest absolute Gasteiger partial charge is 0.385 e. The minimum absolute atomic E-state index is 0.229. The molecule has 1 atom stereocenters. The van der Waals surface area contributed by atoms with Gasteiger partial charge in [-0.1, -0.05) is 12.1 Å². The average Bonchev–Trinajstić information content (AvgIpc) is 3.24. The molecule has 2 heterocycles. The average molecular weight is 482 g/mol. The van der Waals surface area contributed by atoms with Gasteiger partial charge in [0, 0.05) is 45.3 Å². The molecular weight excluding hydrogens is 457 g/mol. The van der Waals surface area contributed by atoms with Crippen LogP contribution in [-0.2, 0) is 18.3 Å². The number of aromatic amines is 1. The van der Waals surface area contributed by atoms with Crippen molar-refractivity contribution in [3.63, 3.8) is 0 Å². The second kappa shape index (κ2) is 10.1. The lowest BCUT2D eigenvalue weighted by atomic mass is 10.0. The van der Waals surface area contributed by atoms with Crippen LogP contribution in [-0.4, -0.2) is 38.7 Å². The summed E-state index contributed by atoms with van der Waals surface area (Å²) >= 11 is 5.36. The lowest BCUT2D eigenvalue weighted by Gasteiger charge is -2.19. The van der Waals surface area contributed by atoms with Gasteiger partial charge in [0.2, 0.25) is 0 Å². The van der Waals surface area contributed by atoms with Crippen LogP contribution < -0.4 is 10.9 Å². The number of methoxy groups -OCH3 is 1. The van der Waals surface area contributed by atoms with E-state index in [4.69, 9.17) is 17.0 Å². The summed E-state index contributed by atoms with van der Waals surface area (Å²) in [5, 5.41) is 3.36. The maximum atomic E-state index is 13.9. The van der Waals surface area contributed by atoms with Crippen molar-refractivity contribution in [3.05, 3.63) is 92.8 Å². The third-order valence-corrected chi connectivity index (χ3v) is 5.87. The van der Waals surface area contributed by atoms with Crippen molar-refractivity contribution in [2.75, 3.05) is 13.7 Å². The summed E-state index contributed by atoms with van der Waals surface area (Å²) in [6.07, 6.45) is 4.01. The van der Waals surface area contributed by atoms with Gasteiger partial charge in [0.25, 0.3) is 11.5 Å². The van der Waals surface area contributed by atoms with Crippen LogP contribution in [0, 0.1) is 10.6 Å². The van der Waals surface area contributed by atoms with Gasteiger partial charge < -0.3 is 19.6 Å². The minimum atomic E-state index is -0.675. The number of nitrogens with one attached hydrogen (secondary N) is 2. The minimum Gasteiger partial charge on any atom is -0.385 e. The highest BCUT2D eigenvalue weighted by molar-refractivity contribution is 7.71. The van der Waals surface area contributed by atoms with Crippen molar-refractivity contribution in [1.82, 2.24) is 24.4 Å². The molecule has 2 N–H and O–H groups in total. The first kappa shape index (κ1) is 23.5. The van der Waals surface area contributed by atoms with Crippen molar-refractivity contribution in [3.8, 4) is 0 Å². The van der Waals surface area contributed by atoms with Crippen LogP contribution in [0.5, 0.6) is 0 Å². The third-order valence-electron chi connectivity index (χ3n) is 5.55. The predicted octanol–water partition coefficient (Wildman–Crippen LogP) is 3.49. The summed E-state index contributed by atoms with van der Waals surface area (Å²) in [6.45, 7) is 0.944. The molecule has 4 aromatic rings. The van der Waals surface area contributed by atoms with Crippen molar-refractivity contribution in [2.45, 2.75) is 19.0 Å². The SMILES string of the molecule is COCCCn1c(=S)[nH]c2cc(C(=O)NC(c3cccc(F)c3)c3nccn3C)ccc2c1=O. The van der Waals surface area contributed by atoms with E-state index in [1.54, 1.807) is 61.5 Å². The van der Waals surface area contributed by atoms with E-state index in [9.17, 15) is 14.0 Å². The molecule has 0 aliphatic heterocycles. The zero-order chi connectivity index (χ0) is 24.2. The molecule has 8 nitrogen and oxygen atoms in total. The van der Waals surface area contributed by atoms with E-state index in [-0.39, 0.29) is 10.3 Å². The number of hydrogen-bond acceptors (Lipinski definition) is 5. The zero-order valence-corrected chi connectivity index (χ0v) is 19.6. The van der Waals surface area contributed by atoms with Gasteiger partial charge in [-0.2, -0.15) is 0 Å². The van der Waals surface area contributed by atoms with E-state index in [2.05, 4.69) is 15.3 Å².